The molecule has 0 fully saturated rings. The third kappa shape index (κ3) is 6.40. The second-order valence-electron chi connectivity index (χ2n) is 4.93. The summed E-state index contributed by atoms with van der Waals surface area (Å²) in [6.07, 6.45) is 2.20. The van der Waals surface area contributed by atoms with Crippen LogP contribution in [-0.2, 0) is 0 Å². The Morgan fingerprint density at radius 3 is 1.70 bits per heavy atom. The number of hydrogen-bond donors (Lipinski definition) is 0. The molecule has 0 radical (unpaired) electrons. The molecule has 5 heteroatoms. The summed E-state index contributed by atoms with van der Waals surface area (Å²) in [5.74, 6) is 1.70. The number of benzene rings is 2. The number of azo groups is 1. The standard InChI is InChI=1S/C18H21BrN2O2/c1-2-3-13-22-17-8-4-15(5-9-17)20-21-16-6-10-18(11-7-16)23-14-12-19/h4-11H,2-3,12-14H2,1H3. The first-order chi connectivity index (χ1) is 11.3. The van der Waals surface area contributed by atoms with Gasteiger partial charge in [0.2, 0.25) is 0 Å². The third-order valence-electron chi connectivity index (χ3n) is 3.07. The highest BCUT2D eigenvalue weighted by atomic mass is 79.9. The van der Waals surface area contributed by atoms with Crippen molar-refractivity contribution in [3.05, 3.63) is 48.5 Å². The Balaban J connectivity index is 1.89. The molecule has 0 aliphatic heterocycles. The fourth-order valence-corrected chi connectivity index (χ4v) is 1.99. The van der Waals surface area contributed by atoms with Gasteiger partial charge in [-0.3, -0.25) is 0 Å². The van der Waals surface area contributed by atoms with Gasteiger partial charge in [-0.25, -0.2) is 0 Å². The van der Waals surface area contributed by atoms with Crippen LogP contribution >= 0.6 is 15.9 Å². The zero-order chi connectivity index (χ0) is 16.3. The van der Waals surface area contributed by atoms with E-state index in [4.69, 9.17) is 9.47 Å². The normalized spacial score (nSPS) is 10.9. The molecule has 4 nitrogen and oxygen atoms in total. The van der Waals surface area contributed by atoms with E-state index in [1.807, 2.05) is 48.5 Å². The van der Waals surface area contributed by atoms with Gasteiger partial charge in [0.1, 0.15) is 11.5 Å². The largest absolute Gasteiger partial charge is 0.494 e. The van der Waals surface area contributed by atoms with Gasteiger partial charge in [-0.15, -0.1) is 0 Å². The minimum Gasteiger partial charge on any atom is -0.494 e. The van der Waals surface area contributed by atoms with Gasteiger partial charge in [0.05, 0.1) is 24.6 Å². The second-order valence-corrected chi connectivity index (χ2v) is 5.72. The van der Waals surface area contributed by atoms with Crippen molar-refractivity contribution in [3.63, 3.8) is 0 Å². The van der Waals surface area contributed by atoms with Crippen LogP contribution in [0.25, 0.3) is 0 Å². The van der Waals surface area contributed by atoms with Crippen molar-refractivity contribution < 1.29 is 9.47 Å². The van der Waals surface area contributed by atoms with E-state index in [1.54, 1.807) is 0 Å². The average molecular weight is 377 g/mol. The van der Waals surface area contributed by atoms with Crippen molar-refractivity contribution in [3.8, 4) is 11.5 Å². The van der Waals surface area contributed by atoms with Crippen LogP contribution < -0.4 is 9.47 Å². The van der Waals surface area contributed by atoms with E-state index in [0.29, 0.717) is 6.61 Å². The van der Waals surface area contributed by atoms with Crippen LogP contribution in [0.2, 0.25) is 0 Å². The number of nitrogens with zero attached hydrogens (tertiary/aromatic N) is 2. The number of hydrogen-bond acceptors (Lipinski definition) is 4. The fourth-order valence-electron chi connectivity index (χ4n) is 1.82. The van der Waals surface area contributed by atoms with Gasteiger partial charge >= 0.3 is 0 Å². The van der Waals surface area contributed by atoms with Crippen LogP contribution in [0, 0.1) is 0 Å². The van der Waals surface area contributed by atoms with E-state index in [1.165, 1.54) is 0 Å². The minimum absolute atomic E-state index is 0.646. The highest BCUT2D eigenvalue weighted by molar-refractivity contribution is 9.09. The van der Waals surface area contributed by atoms with E-state index in [-0.39, 0.29) is 0 Å². The summed E-state index contributed by atoms with van der Waals surface area (Å²) < 4.78 is 11.1. The van der Waals surface area contributed by atoms with Crippen molar-refractivity contribution in [2.24, 2.45) is 10.2 Å². The van der Waals surface area contributed by atoms with Gasteiger partial charge in [-0.2, -0.15) is 10.2 Å². The van der Waals surface area contributed by atoms with Crippen molar-refractivity contribution in [1.29, 1.82) is 0 Å². The SMILES string of the molecule is CCCCOc1ccc(N=Nc2ccc(OCCBr)cc2)cc1. The predicted octanol–water partition coefficient (Wildman–Crippen LogP) is 6.05. The number of halogens is 1. The summed E-state index contributed by atoms with van der Waals surface area (Å²) >= 11 is 3.33. The number of rotatable bonds is 9. The molecule has 0 saturated carbocycles. The van der Waals surface area contributed by atoms with Crippen LogP contribution in [0.4, 0.5) is 11.4 Å². The first kappa shape index (κ1) is 17.5. The summed E-state index contributed by atoms with van der Waals surface area (Å²) in [6, 6.07) is 15.2. The predicted molar refractivity (Wildman–Crippen MR) is 96.8 cm³/mol. The lowest BCUT2D eigenvalue weighted by Crippen LogP contribution is -1.96. The zero-order valence-electron chi connectivity index (χ0n) is 13.2. The van der Waals surface area contributed by atoms with Gasteiger partial charge in [0.25, 0.3) is 0 Å². The molecule has 0 heterocycles. The smallest absolute Gasteiger partial charge is 0.119 e. The maximum Gasteiger partial charge on any atom is 0.119 e. The van der Waals surface area contributed by atoms with Gasteiger partial charge in [-0.1, -0.05) is 29.3 Å². The van der Waals surface area contributed by atoms with Crippen LogP contribution in [0.3, 0.4) is 0 Å². The quantitative estimate of drug-likeness (QED) is 0.303. The minimum atomic E-state index is 0.646. The fraction of sp³-hybridized carbons (Fsp3) is 0.333. The molecule has 0 spiro atoms. The Hall–Kier alpha value is -1.88. The summed E-state index contributed by atoms with van der Waals surface area (Å²) in [5, 5.41) is 9.26. The number of unbranched alkanes of at least 4 members (excludes halogenated alkanes) is 1. The monoisotopic (exact) mass is 376 g/mol. The van der Waals surface area contributed by atoms with E-state index in [2.05, 4.69) is 33.1 Å². The zero-order valence-corrected chi connectivity index (χ0v) is 14.8. The maximum absolute atomic E-state index is 5.62. The van der Waals surface area contributed by atoms with Crippen LogP contribution in [0.1, 0.15) is 19.8 Å². The van der Waals surface area contributed by atoms with Gasteiger partial charge in [0, 0.05) is 5.33 Å². The molecule has 0 unspecified atom stereocenters. The molecule has 0 N–H and O–H groups in total. The topological polar surface area (TPSA) is 43.2 Å². The molecule has 0 saturated heterocycles. The van der Waals surface area contributed by atoms with E-state index < -0.39 is 0 Å². The Morgan fingerprint density at radius 2 is 1.26 bits per heavy atom. The van der Waals surface area contributed by atoms with Crippen molar-refractivity contribution in [1.82, 2.24) is 0 Å². The Labute approximate surface area is 145 Å². The molecule has 0 aliphatic carbocycles. The Bertz CT molecular complexity index is 597. The van der Waals surface area contributed by atoms with Gasteiger partial charge in [0.15, 0.2) is 0 Å². The van der Waals surface area contributed by atoms with E-state index in [0.717, 1.165) is 47.7 Å². The molecule has 0 amide bonds. The Kier molecular flexibility index (Phi) is 7.60. The van der Waals surface area contributed by atoms with Gasteiger partial charge < -0.3 is 9.47 Å². The summed E-state index contributed by atoms with van der Waals surface area (Å²) in [5.41, 5.74) is 1.59. The first-order valence-corrected chi connectivity index (χ1v) is 8.87. The lowest BCUT2D eigenvalue weighted by atomic mass is 10.3. The maximum atomic E-state index is 5.62. The van der Waals surface area contributed by atoms with Crippen LogP contribution in [0.5, 0.6) is 11.5 Å². The summed E-state index contributed by atoms with van der Waals surface area (Å²) in [4.78, 5) is 0. The lowest BCUT2D eigenvalue weighted by molar-refractivity contribution is 0.309. The molecule has 2 aromatic carbocycles. The highest BCUT2D eigenvalue weighted by Crippen LogP contribution is 2.23. The molecule has 0 bridgehead atoms. The van der Waals surface area contributed by atoms with Gasteiger partial charge in [-0.05, 0) is 55.0 Å². The average Bonchev–Trinajstić information content (AvgIpc) is 2.60. The van der Waals surface area contributed by atoms with Crippen molar-refractivity contribution in [2.45, 2.75) is 19.8 Å². The van der Waals surface area contributed by atoms with E-state index in [9.17, 15) is 0 Å². The van der Waals surface area contributed by atoms with Crippen molar-refractivity contribution >= 4 is 27.3 Å². The molecule has 23 heavy (non-hydrogen) atoms. The summed E-state index contributed by atoms with van der Waals surface area (Å²) in [6.45, 7) is 3.54. The molecule has 0 aliphatic rings. The van der Waals surface area contributed by atoms with E-state index >= 15 is 0 Å². The Morgan fingerprint density at radius 1 is 0.783 bits per heavy atom. The molecule has 2 aromatic rings. The van der Waals surface area contributed by atoms with Crippen LogP contribution in [0.15, 0.2) is 58.8 Å². The molecule has 0 aromatic heterocycles. The molecule has 2 rings (SSSR count). The highest BCUT2D eigenvalue weighted by Gasteiger charge is 1.96. The number of alkyl halides is 1. The van der Waals surface area contributed by atoms with Crippen LogP contribution in [-0.4, -0.2) is 18.5 Å². The van der Waals surface area contributed by atoms with Crippen molar-refractivity contribution in [2.75, 3.05) is 18.5 Å². The third-order valence-corrected chi connectivity index (χ3v) is 3.39. The second kappa shape index (κ2) is 10.0. The molecular formula is C18H21BrN2O2. The molecule has 122 valence electrons. The lowest BCUT2D eigenvalue weighted by Gasteiger charge is -2.04. The molecular weight excluding hydrogens is 356 g/mol. The first-order valence-electron chi connectivity index (χ1n) is 7.75. The number of ether oxygens (including phenoxy) is 2. The molecule has 0 atom stereocenters. The summed E-state index contributed by atoms with van der Waals surface area (Å²) in [7, 11) is 0.